The van der Waals surface area contributed by atoms with E-state index >= 15 is 0 Å². The van der Waals surface area contributed by atoms with Crippen molar-refractivity contribution in [3.63, 3.8) is 0 Å². The number of anilines is 1. The van der Waals surface area contributed by atoms with E-state index in [1.54, 1.807) is 6.92 Å². The van der Waals surface area contributed by atoms with E-state index in [2.05, 4.69) is 0 Å². The molecule has 0 radical (unpaired) electrons. The van der Waals surface area contributed by atoms with E-state index in [1.807, 2.05) is 0 Å². The Hall–Kier alpha value is -1.41. The van der Waals surface area contributed by atoms with Crippen LogP contribution in [0, 0.1) is 29.1 Å². The topological polar surface area (TPSA) is 38.5 Å². The van der Waals surface area contributed by atoms with Crippen molar-refractivity contribution in [1.29, 1.82) is 0 Å². The number of hydrogen-bond acceptors (Lipinski definition) is 3. The summed E-state index contributed by atoms with van der Waals surface area (Å²) in [5, 5.41) is 0. The molecule has 112 valence electrons. The highest BCUT2D eigenvalue weighted by molar-refractivity contribution is 5.51. The van der Waals surface area contributed by atoms with Crippen LogP contribution in [-0.4, -0.2) is 31.8 Å². The molecule has 1 fully saturated rings. The molecule has 20 heavy (non-hydrogen) atoms. The summed E-state index contributed by atoms with van der Waals surface area (Å²) < 4.78 is 72.0. The van der Waals surface area contributed by atoms with E-state index < -0.39 is 46.9 Å². The molecule has 0 bridgehead atoms. The second-order valence-electron chi connectivity index (χ2n) is 4.63. The number of nitrogens with zero attached hydrogens (tertiary/aromatic N) is 1. The molecule has 2 atom stereocenters. The van der Waals surface area contributed by atoms with Crippen molar-refractivity contribution in [2.24, 2.45) is 5.73 Å². The molecule has 0 amide bonds. The van der Waals surface area contributed by atoms with Crippen LogP contribution in [0.15, 0.2) is 0 Å². The first-order valence-corrected chi connectivity index (χ1v) is 5.98. The van der Waals surface area contributed by atoms with Gasteiger partial charge in [-0.15, -0.1) is 0 Å². The van der Waals surface area contributed by atoms with E-state index in [9.17, 15) is 22.0 Å². The molecule has 1 heterocycles. The Morgan fingerprint density at radius 1 is 1.05 bits per heavy atom. The number of hydrogen-bond donors (Lipinski definition) is 1. The number of benzene rings is 1. The molecule has 1 saturated heterocycles. The van der Waals surface area contributed by atoms with Crippen LogP contribution in [0.1, 0.15) is 6.92 Å². The summed E-state index contributed by atoms with van der Waals surface area (Å²) in [6, 6.07) is -0.431. The summed E-state index contributed by atoms with van der Waals surface area (Å²) in [5.41, 5.74) is 4.69. The summed E-state index contributed by atoms with van der Waals surface area (Å²) in [5.74, 6) is -9.76. The Morgan fingerprint density at radius 3 is 2.05 bits per heavy atom. The van der Waals surface area contributed by atoms with Gasteiger partial charge in [0.05, 0.1) is 12.7 Å². The lowest BCUT2D eigenvalue weighted by Gasteiger charge is -2.36. The average molecular weight is 296 g/mol. The lowest BCUT2D eigenvalue weighted by Crippen LogP contribution is -2.50. The Bertz CT molecular complexity index is 494. The van der Waals surface area contributed by atoms with Crippen molar-refractivity contribution >= 4 is 5.69 Å². The average Bonchev–Trinajstić information content (AvgIpc) is 2.43. The van der Waals surface area contributed by atoms with E-state index in [0.717, 1.165) is 4.90 Å². The van der Waals surface area contributed by atoms with Crippen LogP contribution >= 0.6 is 0 Å². The predicted molar refractivity (Wildman–Crippen MR) is 61.8 cm³/mol. The van der Waals surface area contributed by atoms with Crippen molar-refractivity contribution in [3.8, 4) is 0 Å². The van der Waals surface area contributed by atoms with Gasteiger partial charge in [0.2, 0.25) is 5.82 Å². The Labute approximate surface area is 112 Å². The fourth-order valence-corrected chi connectivity index (χ4v) is 2.07. The molecule has 3 nitrogen and oxygen atoms in total. The predicted octanol–water partition coefficient (Wildman–Crippen LogP) is 1.93. The maximum absolute atomic E-state index is 13.7. The van der Waals surface area contributed by atoms with Crippen molar-refractivity contribution in [3.05, 3.63) is 29.1 Å². The third-order valence-corrected chi connectivity index (χ3v) is 3.18. The van der Waals surface area contributed by atoms with Crippen LogP contribution in [0.3, 0.4) is 0 Å². The molecule has 8 heteroatoms. The van der Waals surface area contributed by atoms with Gasteiger partial charge < -0.3 is 15.4 Å². The van der Waals surface area contributed by atoms with Gasteiger partial charge in [-0.05, 0) is 6.92 Å². The number of halogens is 5. The van der Waals surface area contributed by atoms with Gasteiger partial charge in [0.15, 0.2) is 23.3 Å². The molecule has 1 aromatic rings. The summed E-state index contributed by atoms with van der Waals surface area (Å²) in [6.07, 6.45) is -0.543. The van der Waals surface area contributed by atoms with E-state index in [4.69, 9.17) is 10.5 Å². The van der Waals surface area contributed by atoms with Crippen LogP contribution < -0.4 is 10.6 Å². The van der Waals surface area contributed by atoms with Crippen molar-refractivity contribution in [2.75, 3.05) is 24.6 Å². The van der Waals surface area contributed by atoms with Crippen molar-refractivity contribution in [2.45, 2.75) is 19.1 Å². The van der Waals surface area contributed by atoms with Gasteiger partial charge in [0.25, 0.3) is 0 Å². The highest BCUT2D eigenvalue weighted by Gasteiger charge is 2.32. The third-order valence-electron chi connectivity index (χ3n) is 3.18. The Balaban J connectivity index is 2.42. The molecule has 0 saturated carbocycles. The van der Waals surface area contributed by atoms with Crippen molar-refractivity contribution < 1.29 is 26.7 Å². The zero-order valence-corrected chi connectivity index (χ0v) is 10.6. The molecule has 2 unspecified atom stereocenters. The maximum Gasteiger partial charge on any atom is 0.200 e. The van der Waals surface area contributed by atoms with Crippen LogP contribution in [0.4, 0.5) is 27.6 Å². The molecule has 0 spiro atoms. The van der Waals surface area contributed by atoms with Gasteiger partial charge in [0.1, 0.15) is 5.69 Å². The first kappa shape index (κ1) is 15.0. The first-order valence-electron chi connectivity index (χ1n) is 5.98. The summed E-state index contributed by atoms with van der Waals surface area (Å²) >= 11 is 0. The van der Waals surface area contributed by atoms with E-state index in [0.29, 0.717) is 0 Å². The van der Waals surface area contributed by atoms with Gasteiger partial charge in [-0.25, -0.2) is 22.0 Å². The van der Waals surface area contributed by atoms with Gasteiger partial charge in [-0.2, -0.15) is 0 Å². The standard InChI is InChI=1S/C12H13F5N2O/c1-5(18)6-4-19(2-3-20-6)12-10(16)8(14)7(13)9(15)11(12)17/h5-6H,2-4,18H2,1H3. The minimum atomic E-state index is -2.17. The molecular weight excluding hydrogens is 283 g/mol. The number of morpholine rings is 1. The minimum absolute atomic E-state index is 0.0154. The minimum Gasteiger partial charge on any atom is -0.373 e. The number of nitrogens with two attached hydrogens (primary N) is 1. The molecule has 1 aromatic carbocycles. The maximum atomic E-state index is 13.7. The zero-order valence-electron chi connectivity index (χ0n) is 10.6. The Kier molecular flexibility index (Phi) is 4.14. The molecule has 2 rings (SSSR count). The van der Waals surface area contributed by atoms with Crippen LogP contribution in [-0.2, 0) is 4.74 Å². The molecule has 1 aliphatic heterocycles. The van der Waals surface area contributed by atoms with Crippen molar-refractivity contribution in [1.82, 2.24) is 0 Å². The highest BCUT2D eigenvalue weighted by atomic mass is 19.2. The largest absolute Gasteiger partial charge is 0.373 e. The van der Waals surface area contributed by atoms with Crippen LogP contribution in [0.25, 0.3) is 0 Å². The molecule has 0 aliphatic carbocycles. The van der Waals surface area contributed by atoms with E-state index in [1.165, 1.54) is 0 Å². The van der Waals surface area contributed by atoms with Gasteiger partial charge in [-0.1, -0.05) is 0 Å². The summed E-state index contributed by atoms with van der Waals surface area (Å²) in [7, 11) is 0. The third kappa shape index (κ3) is 2.45. The fraction of sp³-hybridized carbons (Fsp3) is 0.500. The molecule has 2 N–H and O–H groups in total. The normalized spacial score (nSPS) is 21.1. The van der Waals surface area contributed by atoms with Gasteiger partial charge in [-0.3, -0.25) is 0 Å². The number of ether oxygens (including phenoxy) is 1. The second kappa shape index (κ2) is 5.53. The molecule has 1 aliphatic rings. The summed E-state index contributed by atoms with van der Waals surface area (Å²) in [4.78, 5) is 1.06. The SMILES string of the molecule is CC(N)C1CN(c2c(F)c(F)c(F)c(F)c2F)CCO1. The number of rotatable bonds is 2. The second-order valence-corrected chi connectivity index (χ2v) is 4.63. The molecular formula is C12H13F5N2O. The van der Waals surface area contributed by atoms with Crippen LogP contribution in [0.2, 0.25) is 0 Å². The lowest BCUT2D eigenvalue weighted by molar-refractivity contribution is 0.0271. The Morgan fingerprint density at radius 2 is 1.55 bits per heavy atom. The monoisotopic (exact) mass is 296 g/mol. The quantitative estimate of drug-likeness (QED) is 0.515. The lowest BCUT2D eigenvalue weighted by atomic mass is 10.1. The zero-order chi connectivity index (χ0) is 15.0. The summed E-state index contributed by atoms with van der Waals surface area (Å²) in [6.45, 7) is 1.69. The fourth-order valence-electron chi connectivity index (χ4n) is 2.07. The first-order chi connectivity index (χ1) is 9.34. The molecule has 0 aromatic heterocycles. The highest BCUT2D eigenvalue weighted by Crippen LogP contribution is 2.31. The van der Waals surface area contributed by atoms with E-state index in [-0.39, 0.29) is 19.7 Å². The van der Waals surface area contributed by atoms with Gasteiger partial charge in [0, 0.05) is 19.1 Å². The van der Waals surface area contributed by atoms with Crippen LogP contribution in [0.5, 0.6) is 0 Å². The smallest absolute Gasteiger partial charge is 0.200 e. The van der Waals surface area contributed by atoms with Gasteiger partial charge >= 0.3 is 0 Å².